The lowest BCUT2D eigenvalue weighted by atomic mass is 10.1. The molecule has 4 aromatic rings. The molecule has 39 heavy (non-hydrogen) atoms. The first-order valence-electron chi connectivity index (χ1n) is 12.1. The molecule has 0 bridgehead atoms. The molecule has 0 aliphatic rings. The van der Waals surface area contributed by atoms with E-state index in [1.807, 2.05) is 54.6 Å². The second kappa shape index (κ2) is 10.9. The van der Waals surface area contributed by atoms with Crippen LogP contribution < -0.4 is 4.90 Å². The molecule has 0 unspecified atom stereocenters. The van der Waals surface area contributed by atoms with E-state index in [9.17, 15) is 9.59 Å². The SMILES string of the molecule is CC(C)(C)OC(=O)N(C(=O)OC(C)(C)C)c1ncc(-c2ccccc2Br)nc1-c1nnc(-c2ccccc2)o1. The van der Waals surface area contributed by atoms with Gasteiger partial charge in [-0.15, -0.1) is 10.2 Å². The normalized spacial score (nSPS) is 11.7. The summed E-state index contributed by atoms with van der Waals surface area (Å²) in [6.45, 7) is 10.1. The van der Waals surface area contributed by atoms with Crippen LogP contribution in [0, 0.1) is 0 Å². The lowest BCUT2D eigenvalue weighted by Crippen LogP contribution is -2.44. The lowest BCUT2D eigenvalue weighted by Gasteiger charge is -2.28. The fourth-order valence-corrected chi connectivity index (χ4v) is 3.86. The summed E-state index contributed by atoms with van der Waals surface area (Å²) in [7, 11) is 0. The molecule has 0 saturated heterocycles. The smallest absolute Gasteiger partial charge is 0.425 e. The Morgan fingerprint density at radius 3 is 1.97 bits per heavy atom. The van der Waals surface area contributed by atoms with E-state index in [4.69, 9.17) is 18.9 Å². The summed E-state index contributed by atoms with van der Waals surface area (Å²) in [6, 6.07) is 16.6. The molecule has 10 nitrogen and oxygen atoms in total. The third-order valence-corrected chi connectivity index (χ3v) is 5.61. The van der Waals surface area contributed by atoms with Gasteiger partial charge in [-0.05, 0) is 59.7 Å². The van der Waals surface area contributed by atoms with Crippen LogP contribution in [0.5, 0.6) is 0 Å². The van der Waals surface area contributed by atoms with Gasteiger partial charge >= 0.3 is 12.2 Å². The number of carbonyl (C=O) groups excluding carboxylic acids is 2. The third kappa shape index (κ3) is 6.85. The lowest BCUT2D eigenvalue weighted by molar-refractivity contribution is 0.0429. The molecule has 202 valence electrons. The number of benzene rings is 2. The van der Waals surface area contributed by atoms with Gasteiger partial charge in [0, 0.05) is 15.6 Å². The topological polar surface area (TPSA) is 121 Å². The average molecular weight is 594 g/mol. The highest BCUT2D eigenvalue weighted by atomic mass is 79.9. The van der Waals surface area contributed by atoms with E-state index in [2.05, 4.69) is 31.1 Å². The Balaban J connectivity index is 1.91. The standard InChI is InChI=1S/C28H28BrN5O5/c1-27(2,3)38-25(35)34(26(36)39-28(4,5)6)22-21(24-33-32-23(37-24)17-12-8-7-9-13-17)31-20(16-30-22)18-14-10-11-15-19(18)29/h7-16H,1-6H3. The summed E-state index contributed by atoms with van der Waals surface area (Å²) in [5, 5.41) is 8.32. The molecular formula is C28H28BrN5O5. The van der Waals surface area contributed by atoms with Crippen molar-refractivity contribution in [2.45, 2.75) is 52.7 Å². The average Bonchev–Trinajstić information content (AvgIpc) is 3.33. The highest BCUT2D eigenvalue weighted by Crippen LogP contribution is 2.34. The van der Waals surface area contributed by atoms with Crippen LogP contribution in [0.4, 0.5) is 15.4 Å². The Morgan fingerprint density at radius 2 is 1.38 bits per heavy atom. The molecule has 2 heterocycles. The quantitative estimate of drug-likeness (QED) is 0.240. The molecule has 0 N–H and O–H groups in total. The maximum absolute atomic E-state index is 13.4. The number of rotatable bonds is 4. The van der Waals surface area contributed by atoms with Gasteiger partial charge in [-0.25, -0.2) is 19.6 Å². The Morgan fingerprint density at radius 1 is 0.821 bits per heavy atom. The molecule has 2 aromatic carbocycles. The number of hydrogen-bond donors (Lipinski definition) is 0. The summed E-state index contributed by atoms with van der Waals surface area (Å²) in [4.78, 5) is 36.6. The number of anilines is 1. The summed E-state index contributed by atoms with van der Waals surface area (Å²) >= 11 is 3.53. The number of halogens is 1. The third-order valence-electron chi connectivity index (χ3n) is 4.92. The number of hydrogen-bond acceptors (Lipinski definition) is 9. The Hall–Kier alpha value is -4.12. The van der Waals surface area contributed by atoms with Gasteiger partial charge in [0.15, 0.2) is 11.5 Å². The van der Waals surface area contributed by atoms with Crippen molar-refractivity contribution in [1.82, 2.24) is 20.2 Å². The number of amides is 2. The largest absolute Gasteiger partial charge is 0.443 e. The van der Waals surface area contributed by atoms with Gasteiger partial charge in [0.25, 0.3) is 5.89 Å². The first-order chi connectivity index (χ1) is 18.3. The van der Waals surface area contributed by atoms with Crippen LogP contribution in [-0.2, 0) is 9.47 Å². The van der Waals surface area contributed by atoms with Gasteiger partial charge in [0.1, 0.15) is 11.2 Å². The molecule has 0 radical (unpaired) electrons. The summed E-state index contributed by atoms with van der Waals surface area (Å²) in [5.74, 6) is -0.00864. The second-order valence-electron chi connectivity index (χ2n) is 10.5. The number of aromatic nitrogens is 4. The van der Waals surface area contributed by atoms with Crippen LogP contribution in [0.3, 0.4) is 0 Å². The Kier molecular flexibility index (Phi) is 7.82. The number of nitrogens with zero attached hydrogens (tertiary/aromatic N) is 5. The van der Waals surface area contributed by atoms with Gasteiger partial charge in [-0.2, -0.15) is 4.90 Å². The van der Waals surface area contributed by atoms with Gasteiger partial charge in [-0.3, -0.25) is 0 Å². The van der Waals surface area contributed by atoms with Crippen molar-refractivity contribution in [2.24, 2.45) is 0 Å². The molecule has 2 amide bonds. The Bertz CT molecular complexity index is 1460. The minimum Gasteiger partial charge on any atom is -0.443 e. The summed E-state index contributed by atoms with van der Waals surface area (Å²) in [5.41, 5.74) is 0.0179. The van der Waals surface area contributed by atoms with E-state index in [1.165, 1.54) is 6.20 Å². The Labute approximate surface area is 234 Å². The maximum atomic E-state index is 13.4. The van der Waals surface area contributed by atoms with Crippen molar-refractivity contribution >= 4 is 33.9 Å². The highest BCUT2D eigenvalue weighted by Gasteiger charge is 2.37. The van der Waals surface area contributed by atoms with E-state index in [-0.39, 0.29) is 23.3 Å². The summed E-state index contributed by atoms with van der Waals surface area (Å²) in [6.07, 6.45) is -0.553. The molecule has 0 atom stereocenters. The zero-order valence-corrected chi connectivity index (χ0v) is 24.0. The van der Waals surface area contributed by atoms with E-state index < -0.39 is 23.4 Å². The highest BCUT2D eigenvalue weighted by molar-refractivity contribution is 9.10. The van der Waals surface area contributed by atoms with Crippen molar-refractivity contribution in [1.29, 1.82) is 0 Å². The van der Waals surface area contributed by atoms with Gasteiger partial charge in [-0.1, -0.05) is 52.3 Å². The van der Waals surface area contributed by atoms with Crippen LogP contribution >= 0.6 is 15.9 Å². The van der Waals surface area contributed by atoms with Crippen molar-refractivity contribution in [3.63, 3.8) is 0 Å². The van der Waals surface area contributed by atoms with Crippen LogP contribution in [-0.4, -0.2) is 43.6 Å². The number of imide groups is 1. The molecule has 11 heteroatoms. The zero-order chi connectivity index (χ0) is 28.4. The molecule has 0 saturated carbocycles. The fourth-order valence-electron chi connectivity index (χ4n) is 3.37. The molecule has 0 aliphatic carbocycles. The first-order valence-corrected chi connectivity index (χ1v) is 12.9. The monoisotopic (exact) mass is 593 g/mol. The predicted molar refractivity (Wildman–Crippen MR) is 149 cm³/mol. The number of ether oxygens (including phenoxy) is 2. The predicted octanol–water partition coefficient (Wildman–Crippen LogP) is 7.30. The molecular weight excluding hydrogens is 566 g/mol. The van der Waals surface area contributed by atoms with E-state index in [1.54, 1.807) is 41.5 Å². The number of carbonyl (C=O) groups is 2. The van der Waals surface area contributed by atoms with E-state index in [0.717, 1.165) is 10.0 Å². The summed E-state index contributed by atoms with van der Waals surface area (Å²) < 4.78 is 17.8. The van der Waals surface area contributed by atoms with Crippen LogP contribution in [0.1, 0.15) is 41.5 Å². The molecule has 2 aromatic heterocycles. The second-order valence-corrected chi connectivity index (χ2v) is 11.3. The van der Waals surface area contributed by atoms with Crippen molar-refractivity contribution in [2.75, 3.05) is 4.90 Å². The molecule has 0 aliphatic heterocycles. The molecule has 0 spiro atoms. The first kappa shape index (κ1) is 27.9. The van der Waals surface area contributed by atoms with Gasteiger partial charge in [0.2, 0.25) is 5.89 Å². The van der Waals surface area contributed by atoms with Crippen LogP contribution in [0.2, 0.25) is 0 Å². The zero-order valence-electron chi connectivity index (χ0n) is 22.4. The van der Waals surface area contributed by atoms with Crippen molar-refractivity contribution in [3.05, 3.63) is 65.3 Å². The molecule has 4 rings (SSSR count). The van der Waals surface area contributed by atoms with Crippen molar-refractivity contribution < 1.29 is 23.5 Å². The van der Waals surface area contributed by atoms with Gasteiger partial charge in [0.05, 0.1) is 11.9 Å². The van der Waals surface area contributed by atoms with E-state index >= 15 is 0 Å². The minimum absolute atomic E-state index is 0.00495. The van der Waals surface area contributed by atoms with E-state index in [0.29, 0.717) is 16.2 Å². The van der Waals surface area contributed by atoms with Crippen LogP contribution in [0.15, 0.2) is 69.7 Å². The van der Waals surface area contributed by atoms with Crippen molar-refractivity contribution in [3.8, 4) is 34.3 Å². The van der Waals surface area contributed by atoms with Crippen LogP contribution in [0.25, 0.3) is 34.3 Å². The fraction of sp³-hybridized carbons (Fsp3) is 0.286. The molecule has 0 fully saturated rings. The minimum atomic E-state index is -0.997. The maximum Gasteiger partial charge on any atom is 0.425 e. The van der Waals surface area contributed by atoms with Gasteiger partial charge < -0.3 is 13.9 Å².